The first kappa shape index (κ1) is 15.8. The number of furan rings is 1. The molecule has 0 saturated carbocycles. The summed E-state index contributed by atoms with van der Waals surface area (Å²) in [5.41, 5.74) is 2.08. The molecule has 0 bridgehead atoms. The minimum absolute atomic E-state index is 0.0122. The highest BCUT2D eigenvalue weighted by Crippen LogP contribution is 2.15. The molecule has 1 N–H and O–H groups in total. The van der Waals surface area contributed by atoms with E-state index in [-0.39, 0.29) is 22.7 Å². The zero-order valence-electron chi connectivity index (χ0n) is 11.6. The summed E-state index contributed by atoms with van der Waals surface area (Å²) in [4.78, 5) is 35.4. The van der Waals surface area contributed by atoms with Crippen molar-refractivity contribution >= 4 is 23.7 Å². The van der Waals surface area contributed by atoms with Gasteiger partial charge in [0.15, 0.2) is 5.76 Å². The first-order chi connectivity index (χ1) is 10.9. The number of nitrogens with one attached hydrogen (secondary N) is 1. The molecule has 0 aliphatic rings. The van der Waals surface area contributed by atoms with Crippen LogP contribution >= 0.6 is 0 Å². The predicted octanol–water partition coefficient (Wildman–Crippen LogP) is 1.56. The van der Waals surface area contributed by atoms with Crippen molar-refractivity contribution in [3.63, 3.8) is 0 Å². The molecule has 2 rings (SSSR count). The van der Waals surface area contributed by atoms with E-state index >= 15 is 0 Å². The van der Waals surface area contributed by atoms with Crippen molar-refractivity contribution in [1.29, 1.82) is 0 Å². The van der Waals surface area contributed by atoms with E-state index in [1.165, 1.54) is 13.0 Å². The molecule has 118 valence electrons. The Labute approximate surface area is 127 Å². The normalized spacial score (nSPS) is 10.7. The topological polar surface area (TPSA) is 154 Å². The second-order valence-electron chi connectivity index (χ2n) is 4.22. The third-order valence-electron chi connectivity index (χ3n) is 2.68. The SMILES string of the molecule is Cc1ncc([N+](=O)[O-])cc1C(=O)N/N=C\c1ccc([N+](=O)[O-])o1. The smallest absolute Gasteiger partial charge is 0.400 e. The average Bonchev–Trinajstić information content (AvgIpc) is 2.96. The Morgan fingerprint density at radius 2 is 2.09 bits per heavy atom. The van der Waals surface area contributed by atoms with Gasteiger partial charge in [-0.3, -0.25) is 30.0 Å². The third-order valence-corrected chi connectivity index (χ3v) is 2.68. The number of hydrogen-bond acceptors (Lipinski definition) is 8. The fourth-order valence-electron chi connectivity index (χ4n) is 1.58. The lowest BCUT2D eigenvalue weighted by Crippen LogP contribution is -2.19. The van der Waals surface area contributed by atoms with Crippen molar-refractivity contribution < 1.29 is 19.1 Å². The number of hydrogen-bond donors (Lipinski definition) is 1. The summed E-state index contributed by atoms with van der Waals surface area (Å²) in [6.45, 7) is 1.51. The number of amides is 1. The largest absolute Gasteiger partial charge is 0.433 e. The van der Waals surface area contributed by atoms with Crippen LogP contribution in [-0.2, 0) is 0 Å². The summed E-state index contributed by atoms with van der Waals surface area (Å²) in [5, 5.41) is 24.7. The number of aryl methyl sites for hydroxylation is 1. The van der Waals surface area contributed by atoms with Gasteiger partial charge in [-0.15, -0.1) is 0 Å². The summed E-state index contributed by atoms with van der Waals surface area (Å²) in [6, 6.07) is 3.51. The second kappa shape index (κ2) is 6.43. The fourth-order valence-corrected chi connectivity index (χ4v) is 1.58. The number of carbonyl (C=O) groups excluding carboxylic acids is 1. The number of hydrazone groups is 1. The molecule has 0 spiro atoms. The van der Waals surface area contributed by atoms with E-state index in [1.807, 2.05) is 0 Å². The number of rotatable bonds is 5. The van der Waals surface area contributed by atoms with Gasteiger partial charge in [0.1, 0.15) is 11.1 Å². The van der Waals surface area contributed by atoms with E-state index in [2.05, 4.69) is 15.5 Å². The van der Waals surface area contributed by atoms with Crippen molar-refractivity contribution in [2.24, 2.45) is 5.10 Å². The standard InChI is InChI=1S/C12H9N5O6/c1-7-10(4-8(5-13-7)16(19)20)12(18)15-14-6-9-2-3-11(23-9)17(21)22/h2-6H,1H3,(H,15,18)/b14-6-. The Kier molecular flexibility index (Phi) is 4.40. The van der Waals surface area contributed by atoms with E-state index in [4.69, 9.17) is 4.42 Å². The predicted molar refractivity (Wildman–Crippen MR) is 76.1 cm³/mol. The first-order valence-electron chi connectivity index (χ1n) is 6.07. The molecule has 2 aromatic heterocycles. The van der Waals surface area contributed by atoms with Gasteiger partial charge in [0.25, 0.3) is 11.6 Å². The summed E-state index contributed by atoms with van der Waals surface area (Å²) in [6.07, 6.45) is 2.10. The summed E-state index contributed by atoms with van der Waals surface area (Å²) >= 11 is 0. The Balaban J connectivity index is 2.09. The van der Waals surface area contributed by atoms with E-state index in [9.17, 15) is 25.0 Å². The quantitative estimate of drug-likeness (QED) is 0.498. The van der Waals surface area contributed by atoms with Crippen LogP contribution < -0.4 is 5.43 Å². The lowest BCUT2D eigenvalue weighted by molar-refractivity contribution is -0.402. The van der Waals surface area contributed by atoms with Gasteiger partial charge < -0.3 is 4.42 Å². The molecule has 11 nitrogen and oxygen atoms in total. The van der Waals surface area contributed by atoms with Gasteiger partial charge in [-0.2, -0.15) is 5.10 Å². The van der Waals surface area contributed by atoms with Crippen LogP contribution in [0.15, 0.2) is 33.9 Å². The van der Waals surface area contributed by atoms with Crippen molar-refractivity contribution in [2.45, 2.75) is 6.92 Å². The van der Waals surface area contributed by atoms with Crippen molar-refractivity contribution in [3.05, 3.63) is 61.6 Å². The molecule has 0 fully saturated rings. The summed E-state index contributed by atoms with van der Waals surface area (Å²) in [5.74, 6) is -1.11. The van der Waals surface area contributed by atoms with Crippen LogP contribution in [0.25, 0.3) is 0 Å². The van der Waals surface area contributed by atoms with Gasteiger partial charge in [-0.25, -0.2) is 5.43 Å². The van der Waals surface area contributed by atoms with Crippen LogP contribution in [0.4, 0.5) is 11.6 Å². The number of nitrogens with zero attached hydrogens (tertiary/aromatic N) is 4. The molecule has 0 unspecified atom stereocenters. The minimum atomic E-state index is -0.714. The van der Waals surface area contributed by atoms with Crippen LogP contribution in [0.3, 0.4) is 0 Å². The molecule has 2 heterocycles. The second-order valence-corrected chi connectivity index (χ2v) is 4.22. The summed E-state index contributed by atoms with van der Waals surface area (Å²) in [7, 11) is 0. The lowest BCUT2D eigenvalue weighted by Gasteiger charge is -2.02. The average molecular weight is 319 g/mol. The van der Waals surface area contributed by atoms with E-state index < -0.39 is 21.6 Å². The Morgan fingerprint density at radius 1 is 1.35 bits per heavy atom. The van der Waals surface area contributed by atoms with Crippen molar-refractivity contribution in [2.75, 3.05) is 0 Å². The highest BCUT2D eigenvalue weighted by molar-refractivity contribution is 5.96. The van der Waals surface area contributed by atoms with Crippen molar-refractivity contribution in [3.8, 4) is 0 Å². The number of carbonyl (C=O) groups is 1. The van der Waals surface area contributed by atoms with Crippen LogP contribution in [0.5, 0.6) is 0 Å². The van der Waals surface area contributed by atoms with Gasteiger partial charge in [-0.05, 0) is 13.0 Å². The van der Waals surface area contributed by atoms with Gasteiger partial charge in [0.05, 0.1) is 28.5 Å². The molecule has 0 saturated heterocycles. The van der Waals surface area contributed by atoms with Crippen LogP contribution in [0.1, 0.15) is 21.8 Å². The summed E-state index contributed by atoms with van der Waals surface area (Å²) < 4.78 is 4.81. The first-order valence-corrected chi connectivity index (χ1v) is 6.07. The maximum Gasteiger partial charge on any atom is 0.433 e. The number of pyridine rings is 1. The van der Waals surface area contributed by atoms with Crippen LogP contribution in [0, 0.1) is 27.2 Å². The van der Waals surface area contributed by atoms with E-state index in [0.717, 1.165) is 24.5 Å². The van der Waals surface area contributed by atoms with Crippen LogP contribution in [0.2, 0.25) is 0 Å². The molecule has 0 aliphatic carbocycles. The Hall–Kier alpha value is -3.63. The zero-order chi connectivity index (χ0) is 17.0. The highest BCUT2D eigenvalue weighted by Gasteiger charge is 2.15. The van der Waals surface area contributed by atoms with E-state index in [0.29, 0.717) is 0 Å². The molecule has 0 aromatic carbocycles. The minimum Gasteiger partial charge on any atom is -0.400 e. The maximum atomic E-state index is 11.9. The Bertz CT molecular complexity index is 812. The molecule has 0 aliphatic heterocycles. The molecule has 0 radical (unpaired) electrons. The van der Waals surface area contributed by atoms with E-state index in [1.54, 1.807) is 0 Å². The molecule has 23 heavy (non-hydrogen) atoms. The molecule has 1 amide bonds. The highest BCUT2D eigenvalue weighted by atomic mass is 16.6. The number of nitro groups is 2. The molecular formula is C12H9N5O6. The lowest BCUT2D eigenvalue weighted by atomic mass is 10.2. The van der Waals surface area contributed by atoms with Gasteiger partial charge in [0.2, 0.25) is 0 Å². The molecule has 2 aromatic rings. The Morgan fingerprint density at radius 3 is 2.70 bits per heavy atom. The van der Waals surface area contributed by atoms with Crippen molar-refractivity contribution in [1.82, 2.24) is 10.4 Å². The van der Waals surface area contributed by atoms with Gasteiger partial charge >= 0.3 is 5.88 Å². The zero-order valence-corrected chi connectivity index (χ0v) is 11.6. The fraction of sp³-hybridized carbons (Fsp3) is 0.0833. The van der Waals surface area contributed by atoms with Gasteiger partial charge in [0, 0.05) is 6.07 Å². The third kappa shape index (κ3) is 3.72. The monoisotopic (exact) mass is 319 g/mol. The maximum absolute atomic E-state index is 11.9. The van der Waals surface area contributed by atoms with Gasteiger partial charge in [-0.1, -0.05) is 0 Å². The van der Waals surface area contributed by atoms with Crippen LogP contribution in [-0.4, -0.2) is 27.0 Å². The number of aromatic nitrogens is 1. The molecule has 0 atom stereocenters. The molecular weight excluding hydrogens is 310 g/mol. The molecule has 11 heteroatoms.